The maximum absolute atomic E-state index is 3.50. The van der Waals surface area contributed by atoms with E-state index in [1.165, 1.54) is 22.5 Å². The van der Waals surface area contributed by atoms with Crippen LogP contribution in [0.3, 0.4) is 0 Å². The number of para-hydroxylation sites is 1. The summed E-state index contributed by atoms with van der Waals surface area (Å²) in [6.45, 7) is 4.26. The molecule has 0 atom stereocenters. The standard InChI is InChI=1S/C14H17N/c1-3-6-13-11(2)9-10-12-7-4-5-8-14(12)15-13/h3-8,15H,9-10H2,1-2H3/b6-3-. The van der Waals surface area contributed by atoms with E-state index in [0.29, 0.717) is 0 Å². The van der Waals surface area contributed by atoms with Crippen molar-refractivity contribution in [1.29, 1.82) is 0 Å². The summed E-state index contributed by atoms with van der Waals surface area (Å²) in [5.41, 5.74) is 5.35. The first-order valence-electron chi connectivity index (χ1n) is 5.48. The van der Waals surface area contributed by atoms with E-state index in [2.05, 4.69) is 55.6 Å². The van der Waals surface area contributed by atoms with Crippen molar-refractivity contribution in [1.82, 2.24) is 0 Å². The van der Waals surface area contributed by atoms with E-state index in [1.54, 1.807) is 0 Å². The Labute approximate surface area is 91.5 Å². The Balaban J connectivity index is 2.37. The number of allylic oxidation sites excluding steroid dienone is 3. The fourth-order valence-electron chi connectivity index (χ4n) is 1.92. The van der Waals surface area contributed by atoms with Crippen molar-refractivity contribution in [2.75, 3.05) is 5.32 Å². The molecule has 0 unspecified atom stereocenters. The van der Waals surface area contributed by atoms with Gasteiger partial charge in [0.1, 0.15) is 0 Å². The molecule has 0 spiro atoms. The Morgan fingerprint density at radius 3 is 2.80 bits per heavy atom. The first kappa shape index (κ1) is 10.0. The summed E-state index contributed by atoms with van der Waals surface area (Å²) in [4.78, 5) is 0. The number of fused-ring (bicyclic) bond motifs is 1. The van der Waals surface area contributed by atoms with Crippen LogP contribution in [0.1, 0.15) is 25.8 Å². The van der Waals surface area contributed by atoms with E-state index < -0.39 is 0 Å². The molecule has 0 aliphatic carbocycles. The molecule has 1 nitrogen and oxygen atoms in total. The average molecular weight is 199 g/mol. The maximum Gasteiger partial charge on any atom is 0.0416 e. The Bertz CT molecular complexity index is 413. The number of anilines is 1. The molecule has 0 bridgehead atoms. The van der Waals surface area contributed by atoms with Crippen molar-refractivity contribution in [2.45, 2.75) is 26.7 Å². The molecule has 1 heteroatoms. The van der Waals surface area contributed by atoms with Gasteiger partial charge in [-0.1, -0.05) is 24.3 Å². The smallest absolute Gasteiger partial charge is 0.0416 e. The fraction of sp³-hybridized carbons (Fsp3) is 0.286. The van der Waals surface area contributed by atoms with Gasteiger partial charge in [-0.05, 0) is 50.0 Å². The highest BCUT2D eigenvalue weighted by Crippen LogP contribution is 2.26. The summed E-state index contributed by atoms with van der Waals surface area (Å²) >= 11 is 0. The number of hydrogen-bond acceptors (Lipinski definition) is 1. The van der Waals surface area contributed by atoms with Gasteiger partial charge in [-0.25, -0.2) is 0 Å². The van der Waals surface area contributed by atoms with Gasteiger partial charge in [-0.15, -0.1) is 0 Å². The molecule has 0 amide bonds. The highest BCUT2D eigenvalue weighted by Gasteiger charge is 2.09. The molecule has 15 heavy (non-hydrogen) atoms. The molecule has 0 fully saturated rings. The lowest BCUT2D eigenvalue weighted by atomic mass is 10.1. The molecule has 0 saturated carbocycles. The second kappa shape index (κ2) is 4.35. The minimum absolute atomic E-state index is 1.13. The third-order valence-corrected chi connectivity index (χ3v) is 2.85. The van der Waals surface area contributed by atoms with E-state index >= 15 is 0 Å². The van der Waals surface area contributed by atoms with Crippen LogP contribution in [0, 0.1) is 0 Å². The predicted molar refractivity (Wildman–Crippen MR) is 65.9 cm³/mol. The molecule has 78 valence electrons. The SMILES string of the molecule is C/C=C\C1=C(C)CCc2ccccc2N1. The van der Waals surface area contributed by atoms with Crippen LogP contribution in [0.25, 0.3) is 0 Å². The molecule has 1 heterocycles. The molecular formula is C14H17N. The quantitative estimate of drug-likeness (QED) is 0.723. The fourth-order valence-corrected chi connectivity index (χ4v) is 1.92. The summed E-state index contributed by atoms with van der Waals surface area (Å²) in [5, 5.41) is 3.50. The van der Waals surface area contributed by atoms with Crippen LogP contribution >= 0.6 is 0 Å². The highest BCUT2D eigenvalue weighted by molar-refractivity contribution is 5.59. The van der Waals surface area contributed by atoms with Crippen molar-refractivity contribution in [3.05, 3.63) is 53.3 Å². The average Bonchev–Trinajstić information content (AvgIpc) is 2.41. The molecule has 1 aromatic carbocycles. The van der Waals surface area contributed by atoms with E-state index in [4.69, 9.17) is 0 Å². The van der Waals surface area contributed by atoms with E-state index in [9.17, 15) is 0 Å². The van der Waals surface area contributed by atoms with Gasteiger partial charge in [0.2, 0.25) is 0 Å². The molecule has 1 N–H and O–H groups in total. The molecule has 2 rings (SSSR count). The monoisotopic (exact) mass is 199 g/mol. The molecule has 0 saturated heterocycles. The van der Waals surface area contributed by atoms with E-state index in [1.807, 2.05) is 0 Å². The van der Waals surface area contributed by atoms with Crippen LogP contribution in [-0.2, 0) is 6.42 Å². The largest absolute Gasteiger partial charge is 0.355 e. The lowest BCUT2D eigenvalue weighted by Gasteiger charge is -2.09. The zero-order valence-electron chi connectivity index (χ0n) is 9.38. The van der Waals surface area contributed by atoms with Gasteiger partial charge in [-0.3, -0.25) is 0 Å². The Kier molecular flexibility index (Phi) is 2.91. The molecule has 1 aromatic rings. The maximum atomic E-state index is 3.50. The minimum atomic E-state index is 1.13. The van der Waals surface area contributed by atoms with Crippen LogP contribution in [-0.4, -0.2) is 0 Å². The van der Waals surface area contributed by atoms with Crippen molar-refractivity contribution in [3.8, 4) is 0 Å². The second-order valence-corrected chi connectivity index (χ2v) is 3.98. The molecule has 0 aromatic heterocycles. The molecule has 1 aliphatic heterocycles. The van der Waals surface area contributed by atoms with Gasteiger partial charge < -0.3 is 5.32 Å². The van der Waals surface area contributed by atoms with Gasteiger partial charge in [0.15, 0.2) is 0 Å². The topological polar surface area (TPSA) is 12.0 Å². The van der Waals surface area contributed by atoms with Gasteiger partial charge in [0, 0.05) is 11.4 Å². The minimum Gasteiger partial charge on any atom is -0.355 e. The summed E-state index contributed by atoms with van der Waals surface area (Å²) in [6.07, 6.45) is 6.51. The lowest BCUT2D eigenvalue weighted by molar-refractivity contribution is 0.948. The van der Waals surface area contributed by atoms with Crippen molar-refractivity contribution >= 4 is 5.69 Å². The first-order valence-corrected chi connectivity index (χ1v) is 5.48. The first-order chi connectivity index (χ1) is 7.31. The number of nitrogens with one attached hydrogen (secondary N) is 1. The van der Waals surface area contributed by atoms with Gasteiger partial charge in [0.05, 0.1) is 0 Å². The molecule has 0 radical (unpaired) electrons. The van der Waals surface area contributed by atoms with Crippen molar-refractivity contribution < 1.29 is 0 Å². The Morgan fingerprint density at radius 1 is 1.20 bits per heavy atom. The number of benzene rings is 1. The summed E-state index contributed by atoms with van der Waals surface area (Å²) < 4.78 is 0. The summed E-state index contributed by atoms with van der Waals surface area (Å²) in [5.74, 6) is 0. The molecule has 1 aliphatic rings. The van der Waals surface area contributed by atoms with E-state index in [-0.39, 0.29) is 0 Å². The predicted octanol–water partition coefficient (Wildman–Crippen LogP) is 3.89. The number of rotatable bonds is 1. The normalized spacial score (nSPS) is 16.1. The zero-order chi connectivity index (χ0) is 10.7. The third kappa shape index (κ3) is 2.12. The Hall–Kier alpha value is -1.50. The van der Waals surface area contributed by atoms with Crippen molar-refractivity contribution in [2.24, 2.45) is 0 Å². The number of aryl methyl sites for hydroxylation is 1. The number of hydrogen-bond donors (Lipinski definition) is 1. The van der Waals surface area contributed by atoms with Gasteiger partial charge >= 0.3 is 0 Å². The summed E-state index contributed by atoms with van der Waals surface area (Å²) in [6, 6.07) is 8.54. The van der Waals surface area contributed by atoms with Crippen LogP contribution in [0.5, 0.6) is 0 Å². The van der Waals surface area contributed by atoms with Crippen LogP contribution < -0.4 is 5.32 Å². The van der Waals surface area contributed by atoms with Gasteiger partial charge in [0.25, 0.3) is 0 Å². The third-order valence-electron chi connectivity index (χ3n) is 2.85. The van der Waals surface area contributed by atoms with Gasteiger partial charge in [-0.2, -0.15) is 0 Å². The lowest BCUT2D eigenvalue weighted by Crippen LogP contribution is -1.98. The zero-order valence-corrected chi connectivity index (χ0v) is 9.38. The van der Waals surface area contributed by atoms with Crippen LogP contribution in [0.15, 0.2) is 47.7 Å². The Morgan fingerprint density at radius 2 is 2.00 bits per heavy atom. The van der Waals surface area contributed by atoms with Crippen LogP contribution in [0.2, 0.25) is 0 Å². The highest BCUT2D eigenvalue weighted by atomic mass is 14.9. The van der Waals surface area contributed by atoms with Crippen molar-refractivity contribution in [3.63, 3.8) is 0 Å². The van der Waals surface area contributed by atoms with Crippen LogP contribution in [0.4, 0.5) is 5.69 Å². The summed E-state index contributed by atoms with van der Waals surface area (Å²) in [7, 11) is 0. The second-order valence-electron chi connectivity index (χ2n) is 3.98. The van der Waals surface area contributed by atoms with E-state index in [0.717, 1.165) is 12.8 Å². The molecular weight excluding hydrogens is 182 g/mol.